The van der Waals surface area contributed by atoms with Crippen molar-refractivity contribution < 1.29 is 14.3 Å². The van der Waals surface area contributed by atoms with Crippen LogP contribution in [0.5, 0.6) is 0 Å². The van der Waals surface area contributed by atoms with Gasteiger partial charge in [-0.3, -0.25) is 4.79 Å². The number of hydrogen-bond donors (Lipinski definition) is 1. The summed E-state index contributed by atoms with van der Waals surface area (Å²) in [6.45, 7) is 11.0. The van der Waals surface area contributed by atoms with Crippen molar-refractivity contribution in [3.63, 3.8) is 0 Å². The van der Waals surface area contributed by atoms with E-state index in [1.807, 2.05) is 54.6 Å². The number of methoxy groups -OCH3 is 1. The molecular formula is C33H39NO3Si. The second-order valence-electron chi connectivity index (χ2n) is 11.2. The number of esters is 1. The summed E-state index contributed by atoms with van der Waals surface area (Å²) in [5.74, 6) is 2.47. The van der Waals surface area contributed by atoms with Crippen LogP contribution in [0.1, 0.15) is 50.3 Å². The van der Waals surface area contributed by atoms with E-state index in [9.17, 15) is 9.59 Å². The van der Waals surface area contributed by atoms with Crippen LogP contribution in [0.15, 0.2) is 91.0 Å². The number of benzene rings is 3. The van der Waals surface area contributed by atoms with E-state index in [1.54, 1.807) is 0 Å². The topological polar surface area (TPSA) is 55.4 Å². The normalized spacial score (nSPS) is 12.6. The first-order valence-electron chi connectivity index (χ1n) is 13.0. The summed E-state index contributed by atoms with van der Waals surface area (Å²) in [5.41, 5.74) is 5.69. The molecule has 3 rings (SSSR count). The van der Waals surface area contributed by atoms with Gasteiger partial charge in [0.25, 0.3) is 0 Å². The average molecular weight is 526 g/mol. The largest absolute Gasteiger partial charge is 0.467 e. The molecule has 0 bridgehead atoms. The first-order chi connectivity index (χ1) is 18.0. The van der Waals surface area contributed by atoms with Gasteiger partial charge in [-0.1, -0.05) is 125 Å². The third-order valence-corrected chi connectivity index (χ3v) is 12.2. The molecule has 0 heterocycles. The minimum Gasteiger partial charge on any atom is -0.467 e. The van der Waals surface area contributed by atoms with Crippen LogP contribution in [0.25, 0.3) is 0 Å². The highest BCUT2D eigenvalue weighted by atomic mass is 28.3. The van der Waals surface area contributed by atoms with Gasteiger partial charge in [0.05, 0.1) is 12.5 Å². The Hall–Kier alpha value is -3.62. The number of ether oxygens (including phenoxy) is 1. The molecule has 4 nitrogen and oxygen atoms in total. The first-order valence-corrected chi connectivity index (χ1v) is 16.0. The fourth-order valence-electron chi connectivity index (χ4n) is 4.36. The van der Waals surface area contributed by atoms with Crippen LogP contribution >= 0.6 is 0 Å². The molecule has 0 spiro atoms. The highest BCUT2D eigenvalue weighted by Crippen LogP contribution is 2.42. The van der Waals surface area contributed by atoms with E-state index in [0.717, 1.165) is 16.7 Å². The second-order valence-corrected chi connectivity index (χ2v) is 16.2. The predicted molar refractivity (Wildman–Crippen MR) is 157 cm³/mol. The van der Waals surface area contributed by atoms with Crippen molar-refractivity contribution in [3.8, 4) is 11.5 Å². The smallest absolute Gasteiger partial charge is 0.329 e. The standard InChI is InChI=1S/C33H39NO3Si/c1-32(2,3)38(5,6)24-16-23-29(31(36)37-4)34-30(35)25-33(26-17-10-7-11-18-26,27-19-12-8-13-20-27)28-21-14-9-15-22-28/h7-15,17-22,29H,23,25H2,1-6H3,(H,34,35)/t29-/m0/s1. The summed E-state index contributed by atoms with van der Waals surface area (Å²) < 4.78 is 5.04. The molecule has 0 unspecified atom stereocenters. The summed E-state index contributed by atoms with van der Waals surface area (Å²) in [6, 6.07) is 29.3. The molecule has 0 saturated heterocycles. The molecule has 0 saturated carbocycles. The molecule has 0 fully saturated rings. The molecule has 3 aromatic carbocycles. The van der Waals surface area contributed by atoms with Crippen LogP contribution in [-0.2, 0) is 19.7 Å². The molecule has 0 aliphatic heterocycles. The maximum atomic E-state index is 13.8. The number of carbonyl (C=O) groups is 2. The third kappa shape index (κ3) is 6.62. The molecule has 38 heavy (non-hydrogen) atoms. The Morgan fingerprint density at radius 1 is 0.816 bits per heavy atom. The SMILES string of the molecule is COC(=O)[C@H](CC#C[Si](C)(C)C(C)(C)C)NC(=O)CC(c1ccccc1)(c1ccccc1)c1ccccc1. The van der Waals surface area contributed by atoms with Crippen LogP contribution in [-0.4, -0.2) is 33.1 Å². The molecule has 3 aromatic rings. The Balaban J connectivity index is 2.00. The van der Waals surface area contributed by atoms with Gasteiger partial charge in [-0.25, -0.2) is 4.79 Å². The lowest BCUT2D eigenvalue weighted by molar-refractivity contribution is -0.145. The van der Waals surface area contributed by atoms with E-state index in [0.29, 0.717) is 0 Å². The molecule has 198 valence electrons. The molecule has 1 N–H and O–H groups in total. The van der Waals surface area contributed by atoms with Gasteiger partial charge in [0, 0.05) is 12.8 Å². The van der Waals surface area contributed by atoms with E-state index >= 15 is 0 Å². The van der Waals surface area contributed by atoms with Gasteiger partial charge in [-0.05, 0) is 21.7 Å². The van der Waals surface area contributed by atoms with E-state index in [1.165, 1.54) is 7.11 Å². The van der Waals surface area contributed by atoms with Gasteiger partial charge in [0.2, 0.25) is 5.91 Å². The minimum atomic E-state index is -1.85. The fourth-order valence-corrected chi connectivity index (χ4v) is 5.28. The zero-order chi connectivity index (χ0) is 27.8. The minimum absolute atomic E-state index is 0.102. The average Bonchev–Trinajstić information content (AvgIpc) is 2.91. The first kappa shape index (κ1) is 28.9. The fraction of sp³-hybridized carbons (Fsp3) is 0.333. The summed E-state index contributed by atoms with van der Waals surface area (Å²) in [5, 5.41) is 3.06. The zero-order valence-electron chi connectivity index (χ0n) is 23.4. The molecule has 0 aliphatic carbocycles. The Morgan fingerprint density at radius 3 is 1.61 bits per heavy atom. The highest BCUT2D eigenvalue weighted by Gasteiger charge is 2.39. The molecule has 0 radical (unpaired) electrons. The summed E-state index contributed by atoms with van der Waals surface area (Å²) >= 11 is 0. The van der Waals surface area contributed by atoms with Crippen molar-refractivity contribution in [2.75, 3.05) is 7.11 Å². The van der Waals surface area contributed by atoms with Gasteiger partial charge in [-0.15, -0.1) is 11.5 Å². The Morgan fingerprint density at radius 2 is 1.24 bits per heavy atom. The summed E-state index contributed by atoms with van der Waals surface area (Å²) in [6.07, 6.45) is 0.328. The van der Waals surface area contributed by atoms with Gasteiger partial charge in [0.15, 0.2) is 0 Å². The van der Waals surface area contributed by atoms with Crippen molar-refractivity contribution >= 4 is 20.0 Å². The molecule has 1 amide bonds. The molecule has 0 aliphatic rings. The van der Waals surface area contributed by atoms with E-state index in [2.05, 4.69) is 87.0 Å². The van der Waals surface area contributed by atoms with E-state index in [-0.39, 0.29) is 23.8 Å². The van der Waals surface area contributed by atoms with Gasteiger partial charge in [0.1, 0.15) is 14.1 Å². The van der Waals surface area contributed by atoms with E-state index in [4.69, 9.17) is 4.74 Å². The molecule has 0 aromatic heterocycles. The summed E-state index contributed by atoms with van der Waals surface area (Å²) in [4.78, 5) is 26.5. The van der Waals surface area contributed by atoms with Crippen LogP contribution in [0.2, 0.25) is 18.1 Å². The number of carbonyl (C=O) groups excluding carboxylic acids is 2. The third-order valence-electron chi connectivity index (χ3n) is 7.63. The van der Waals surface area contributed by atoms with Gasteiger partial charge < -0.3 is 10.1 Å². The Labute approximate surface area is 228 Å². The van der Waals surface area contributed by atoms with Crippen LogP contribution < -0.4 is 5.32 Å². The monoisotopic (exact) mass is 525 g/mol. The van der Waals surface area contributed by atoms with Crippen LogP contribution in [0.3, 0.4) is 0 Å². The summed E-state index contributed by atoms with van der Waals surface area (Å²) in [7, 11) is -0.515. The van der Waals surface area contributed by atoms with E-state index < -0.39 is 25.5 Å². The predicted octanol–water partition coefficient (Wildman–Crippen LogP) is 6.51. The quantitative estimate of drug-likeness (QED) is 0.158. The lowest BCUT2D eigenvalue weighted by atomic mass is 9.67. The highest BCUT2D eigenvalue weighted by molar-refractivity contribution is 6.87. The van der Waals surface area contributed by atoms with Crippen molar-refractivity contribution in [2.45, 2.75) is 63.2 Å². The van der Waals surface area contributed by atoms with Crippen molar-refractivity contribution in [1.82, 2.24) is 5.32 Å². The van der Waals surface area contributed by atoms with Crippen molar-refractivity contribution in [2.24, 2.45) is 0 Å². The maximum Gasteiger partial charge on any atom is 0.329 e. The van der Waals surface area contributed by atoms with Gasteiger partial charge >= 0.3 is 5.97 Å². The lowest BCUT2D eigenvalue weighted by Gasteiger charge is -2.36. The molecule has 1 atom stereocenters. The van der Waals surface area contributed by atoms with Gasteiger partial charge in [-0.2, -0.15) is 0 Å². The number of nitrogens with one attached hydrogen (secondary N) is 1. The van der Waals surface area contributed by atoms with Crippen molar-refractivity contribution in [3.05, 3.63) is 108 Å². The Kier molecular flexibility index (Phi) is 9.35. The second kappa shape index (κ2) is 12.3. The molecule has 5 heteroatoms. The maximum absolute atomic E-state index is 13.8. The number of rotatable bonds is 8. The van der Waals surface area contributed by atoms with Crippen LogP contribution in [0, 0.1) is 11.5 Å². The zero-order valence-corrected chi connectivity index (χ0v) is 24.4. The number of amides is 1. The number of hydrogen-bond acceptors (Lipinski definition) is 3. The molecular weight excluding hydrogens is 486 g/mol. The lowest BCUT2D eigenvalue weighted by Crippen LogP contribution is -2.45. The van der Waals surface area contributed by atoms with Crippen molar-refractivity contribution in [1.29, 1.82) is 0 Å². The Bertz CT molecular complexity index is 1170. The van der Waals surface area contributed by atoms with Crippen LogP contribution in [0.4, 0.5) is 0 Å².